The first-order valence-electron chi connectivity index (χ1n) is 11.9. The Labute approximate surface area is 224 Å². The molecule has 0 saturated heterocycles. The molecule has 0 fully saturated rings. The number of benzene rings is 3. The first-order valence-corrected chi connectivity index (χ1v) is 12.3. The molecular weight excluding hydrogens is 508 g/mol. The Bertz CT molecular complexity index is 1480. The molecule has 2 N–H and O–H groups in total. The normalized spacial score (nSPS) is 12.9. The third kappa shape index (κ3) is 5.50. The van der Waals surface area contributed by atoms with Gasteiger partial charge in [-0.1, -0.05) is 67.4 Å². The van der Waals surface area contributed by atoms with Crippen LogP contribution in [0, 0.1) is 12.8 Å². The van der Waals surface area contributed by atoms with Crippen molar-refractivity contribution in [2.45, 2.75) is 26.8 Å². The minimum absolute atomic E-state index is 0.0504. The first kappa shape index (κ1) is 26.8. The van der Waals surface area contributed by atoms with Crippen LogP contribution in [0.2, 0.25) is 5.02 Å². The van der Waals surface area contributed by atoms with Gasteiger partial charge >= 0.3 is 5.97 Å². The molecule has 1 aliphatic carbocycles. The van der Waals surface area contributed by atoms with E-state index in [1.54, 1.807) is 56.3 Å². The molecule has 0 radical (unpaired) electrons. The lowest BCUT2D eigenvalue weighted by molar-refractivity contribution is -0.150. The van der Waals surface area contributed by atoms with Crippen LogP contribution in [0.3, 0.4) is 0 Å². The lowest BCUT2D eigenvalue weighted by atomic mass is 9.84. The average molecular weight is 533 g/mol. The number of anilines is 1. The summed E-state index contributed by atoms with van der Waals surface area (Å²) in [7, 11) is 0. The number of ketones is 2. The quantitative estimate of drug-likeness (QED) is 0.341. The van der Waals surface area contributed by atoms with E-state index < -0.39 is 30.4 Å². The van der Waals surface area contributed by atoms with Gasteiger partial charge in [0, 0.05) is 27.8 Å². The van der Waals surface area contributed by atoms with E-state index in [4.69, 9.17) is 16.3 Å². The number of amides is 2. The maximum atomic E-state index is 13.0. The van der Waals surface area contributed by atoms with Crippen molar-refractivity contribution in [1.82, 2.24) is 5.32 Å². The minimum Gasteiger partial charge on any atom is -0.454 e. The number of hydrogen-bond donors (Lipinski definition) is 2. The van der Waals surface area contributed by atoms with Crippen LogP contribution < -0.4 is 10.6 Å². The van der Waals surface area contributed by atoms with E-state index in [1.165, 1.54) is 12.1 Å². The van der Waals surface area contributed by atoms with Crippen LogP contribution in [-0.4, -0.2) is 42.0 Å². The lowest BCUT2D eigenvalue weighted by Crippen LogP contribution is -2.46. The van der Waals surface area contributed by atoms with Gasteiger partial charge in [-0.3, -0.25) is 19.2 Å². The Hall–Kier alpha value is -4.30. The summed E-state index contributed by atoms with van der Waals surface area (Å²) >= 11 is 6.29. The van der Waals surface area contributed by atoms with Gasteiger partial charge in [-0.2, -0.15) is 0 Å². The summed E-state index contributed by atoms with van der Waals surface area (Å²) in [5.41, 5.74) is 2.22. The molecule has 3 aromatic rings. The molecule has 0 unspecified atom stereocenters. The number of fused-ring (bicyclic) bond motifs is 2. The third-order valence-corrected chi connectivity index (χ3v) is 6.43. The second-order valence-electron chi connectivity index (χ2n) is 9.30. The Balaban J connectivity index is 1.42. The maximum absolute atomic E-state index is 13.0. The summed E-state index contributed by atoms with van der Waals surface area (Å²) in [6, 6.07) is 15.1. The average Bonchev–Trinajstić information content (AvgIpc) is 2.89. The summed E-state index contributed by atoms with van der Waals surface area (Å²) < 4.78 is 5.17. The third-order valence-electron chi connectivity index (χ3n) is 6.12. The highest BCUT2D eigenvalue weighted by Gasteiger charge is 2.31. The van der Waals surface area contributed by atoms with E-state index in [1.807, 2.05) is 13.0 Å². The lowest BCUT2D eigenvalue weighted by Gasteiger charge is -2.21. The standard InChI is InChI=1S/C29H25ClN2O6/c1-15(2)25(32-28(36)17-8-6-7-16(3)11-17)29(37)38-14-24(33)31-23-13-21-20(12-22(23)30)26(34)18-9-4-5-10-19(18)27(21)35/h4-13,15,25H,14H2,1-3H3,(H,31,33)(H,32,36)/t25-/m0/s1. The number of hydrogen-bond acceptors (Lipinski definition) is 6. The van der Waals surface area contributed by atoms with E-state index in [0.717, 1.165) is 5.56 Å². The molecule has 0 aliphatic heterocycles. The van der Waals surface area contributed by atoms with Crippen LogP contribution in [0.4, 0.5) is 5.69 Å². The number of halogens is 1. The highest BCUT2D eigenvalue weighted by atomic mass is 35.5. The summed E-state index contributed by atoms with van der Waals surface area (Å²) in [6.45, 7) is 4.69. The van der Waals surface area contributed by atoms with Crippen LogP contribution in [0.1, 0.15) is 61.6 Å². The Morgan fingerprint density at radius 3 is 2.11 bits per heavy atom. The fourth-order valence-corrected chi connectivity index (χ4v) is 4.35. The molecule has 194 valence electrons. The highest BCUT2D eigenvalue weighted by Crippen LogP contribution is 2.33. The second kappa shape index (κ2) is 11.0. The van der Waals surface area contributed by atoms with E-state index >= 15 is 0 Å². The fourth-order valence-electron chi connectivity index (χ4n) is 4.14. The van der Waals surface area contributed by atoms with E-state index in [0.29, 0.717) is 11.1 Å². The predicted molar refractivity (Wildman–Crippen MR) is 142 cm³/mol. The van der Waals surface area contributed by atoms with Crippen molar-refractivity contribution in [3.8, 4) is 0 Å². The predicted octanol–water partition coefficient (Wildman–Crippen LogP) is 4.36. The summed E-state index contributed by atoms with van der Waals surface area (Å²) in [4.78, 5) is 63.7. The van der Waals surface area contributed by atoms with Crippen LogP contribution in [0.25, 0.3) is 0 Å². The van der Waals surface area contributed by atoms with Crippen molar-refractivity contribution in [1.29, 1.82) is 0 Å². The van der Waals surface area contributed by atoms with Crippen molar-refractivity contribution >= 4 is 46.6 Å². The first-order chi connectivity index (χ1) is 18.1. The van der Waals surface area contributed by atoms with Crippen LogP contribution in [-0.2, 0) is 14.3 Å². The Morgan fingerprint density at radius 1 is 0.868 bits per heavy atom. The number of esters is 1. The molecule has 0 heterocycles. The molecule has 0 saturated carbocycles. The summed E-state index contributed by atoms with van der Waals surface area (Å²) in [6.07, 6.45) is 0. The van der Waals surface area contributed by atoms with Crippen LogP contribution in [0.5, 0.6) is 0 Å². The van der Waals surface area contributed by atoms with Gasteiger partial charge in [0.25, 0.3) is 11.8 Å². The van der Waals surface area contributed by atoms with Crippen molar-refractivity contribution in [3.63, 3.8) is 0 Å². The number of carbonyl (C=O) groups excluding carboxylic acids is 5. The van der Waals surface area contributed by atoms with Gasteiger partial charge < -0.3 is 15.4 Å². The number of rotatable bonds is 7. The fraction of sp³-hybridized carbons (Fsp3) is 0.207. The molecule has 8 nitrogen and oxygen atoms in total. The van der Waals surface area contributed by atoms with Gasteiger partial charge in [-0.05, 0) is 37.1 Å². The number of aryl methyl sites for hydroxylation is 1. The molecule has 0 spiro atoms. The number of nitrogens with one attached hydrogen (secondary N) is 2. The SMILES string of the molecule is Cc1cccc(C(=O)N[C@H](C(=O)OCC(=O)Nc2cc3c(cc2Cl)C(=O)c2ccccc2C3=O)C(C)C)c1. The molecule has 0 bridgehead atoms. The zero-order valence-corrected chi connectivity index (χ0v) is 21.7. The topological polar surface area (TPSA) is 119 Å². The molecule has 1 atom stereocenters. The van der Waals surface area contributed by atoms with Crippen LogP contribution >= 0.6 is 11.6 Å². The van der Waals surface area contributed by atoms with Gasteiger partial charge in [0.1, 0.15) is 6.04 Å². The molecule has 38 heavy (non-hydrogen) atoms. The van der Waals surface area contributed by atoms with Gasteiger partial charge in [-0.25, -0.2) is 4.79 Å². The van der Waals surface area contributed by atoms with Gasteiger partial charge in [0.05, 0.1) is 10.7 Å². The smallest absolute Gasteiger partial charge is 0.329 e. The van der Waals surface area contributed by atoms with Crippen molar-refractivity contribution in [2.75, 3.05) is 11.9 Å². The van der Waals surface area contributed by atoms with E-state index in [9.17, 15) is 24.0 Å². The highest BCUT2D eigenvalue weighted by molar-refractivity contribution is 6.36. The van der Waals surface area contributed by atoms with Crippen molar-refractivity contribution in [3.05, 3.63) is 99.1 Å². The molecule has 3 aromatic carbocycles. The van der Waals surface area contributed by atoms with Gasteiger partial charge in [0.15, 0.2) is 18.2 Å². The monoisotopic (exact) mass is 532 g/mol. The van der Waals surface area contributed by atoms with Gasteiger partial charge in [0.2, 0.25) is 0 Å². The Kier molecular flexibility index (Phi) is 7.73. The molecule has 9 heteroatoms. The van der Waals surface area contributed by atoms with Gasteiger partial charge in [-0.15, -0.1) is 0 Å². The minimum atomic E-state index is -0.980. The number of carbonyl (C=O) groups is 5. The second-order valence-corrected chi connectivity index (χ2v) is 9.71. The zero-order chi connectivity index (χ0) is 27.6. The van der Waals surface area contributed by atoms with Crippen molar-refractivity contribution < 1.29 is 28.7 Å². The molecule has 1 aliphatic rings. The maximum Gasteiger partial charge on any atom is 0.329 e. The summed E-state index contributed by atoms with van der Waals surface area (Å²) in [5.74, 6) is -2.92. The van der Waals surface area contributed by atoms with E-state index in [2.05, 4.69) is 10.6 Å². The van der Waals surface area contributed by atoms with E-state index in [-0.39, 0.29) is 44.9 Å². The van der Waals surface area contributed by atoms with Crippen molar-refractivity contribution in [2.24, 2.45) is 5.92 Å². The largest absolute Gasteiger partial charge is 0.454 e. The molecule has 0 aromatic heterocycles. The van der Waals surface area contributed by atoms with Crippen LogP contribution in [0.15, 0.2) is 60.7 Å². The molecule has 4 rings (SSSR count). The zero-order valence-electron chi connectivity index (χ0n) is 21.0. The molecule has 2 amide bonds. The summed E-state index contributed by atoms with van der Waals surface area (Å²) in [5, 5.41) is 5.23. The molecular formula is C29H25ClN2O6. The Morgan fingerprint density at radius 2 is 1.50 bits per heavy atom. The number of ether oxygens (including phenoxy) is 1.